The van der Waals surface area contributed by atoms with E-state index in [4.69, 9.17) is 9.84 Å². The summed E-state index contributed by atoms with van der Waals surface area (Å²) in [5.41, 5.74) is 1.07. The van der Waals surface area contributed by atoms with E-state index in [-0.39, 0.29) is 24.3 Å². The van der Waals surface area contributed by atoms with Crippen LogP contribution in [0.2, 0.25) is 0 Å². The molecule has 0 bridgehead atoms. The van der Waals surface area contributed by atoms with E-state index in [0.717, 1.165) is 37.8 Å². The molecule has 2 aliphatic heterocycles. The van der Waals surface area contributed by atoms with Gasteiger partial charge in [-0.2, -0.15) is 0 Å². The third-order valence-corrected chi connectivity index (χ3v) is 5.36. The number of benzene rings is 1. The molecule has 1 aromatic rings. The highest BCUT2D eigenvalue weighted by Crippen LogP contribution is 2.36. The van der Waals surface area contributed by atoms with Crippen LogP contribution in [-0.2, 0) is 14.3 Å². The van der Waals surface area contributed by atoms with Gasteiger partial charge in [0, 0.05) is 26.1 Å². The van der Waals surface area contributed by atoms with Gasteiger partial charge >= 0.3 is 5.97 Å². The van der Waals surface area contributed by atoms with E-state index < -0.39 is 5.97 Å². The molecule has 1 aromatic carbocycles. The second-order valence-electron chi connectivity index (χ2n) is 7.18. The number of ether oxygens (including phenoxy) is 1. The van der Waals surface area contributed by atoms with Crippen molar-refractivity contribution in [3.8, 4) is 0 Å². The predicted octanol–water partition coefficient (Wildman–Crippen LogP) is 3.26. The van der Waals surface area contributed by atoms with Gasteiger partial charge in [0.25, 0.3) is 0 Å². The van der Waals surface area contributed by atoms with Crippen LogP contribution >= 0.6 is 0 Å². The lowest BCUT2D eigenvalue weighted by atomic mass is 9.86. The molecule has 0 aromatic heterocycles. The average Bonchev–Trinajstić information content (AvgIpc) is 2.67. The maximum Gasteiger partial charge on any atom is 0.303 e. The number of piperidine rings is 1. The van der Waals surface area contributed by atoms with Crippen LogP contribution in [0.1, 0.15) is 50.2 Å². The number of carbonyl (C=O) groups is 2. The van der Waals surface area contributed by atoms with E-state index >= 15 is 0 Å². The fourth-order valence-electron chi connectivity index (χ4n) is 4.07. The second kappa shape index (κ2) is 8.48. The quantitative estimate of drug-likeness (QED) is 0.889. The second-order valence-corrected chi connectivity index (χ2v) is 7.18. The van der Waals surface area contributed by atoms with Gasteiger partial charge in [-0.3, -0.25) is 9.59 Å². The Morgan fingerprint density at radius 1 is 1.16 bits per heavy atom. The number of likely N-dealkylation sites (tertiary alicyclic amines) is 1. The van der Waals surface area contributed by atoms with Crippen LogP contribution in [0.15, 0.2) is 30.3 Å². The Balaban J connectivity index is 1.66. The number of hydrogen-bond donors (Lipinski definition) is 1. The van der Waals surface area contributed by atoms with Crippen molar-refractivity contribution >= 4 is 11.9 Å². The molecule has 1 N–H and O–H groups in total. The number of amides is 1. The van der Waals surface area contributed by atoms with Gasteiger partial charge in [-0.25, -0.2) is 0 Å². The molecule has 2 heterocycles. The minimum atomic E-state index is -0.756. The van der Waals surface area contributed by atoms with E-state index in [1.54, 1.807) is 0 Å². The zero-order valence-corrected chi connectivity index (χ0v) is 14.6. The number of carboxylic acids is 1. The van der Waals surface area contributed by atoms with Gasteiger partial charge < -0.3 is 14.7 Å². The third kappa shape index (κ3) is 4.60. The highest BCUT2D eigenvalue weighted by atomic mass is 16.5. The molecule has 0 radical (unpaired) electrons. The molecule has 0 aliphatic carbocycles. The Morgan fingerprint density at radius 3 is 2.72 bits per heavy atom. The summed E-state index contributed by atoms with van der Waals surface area (Å²) in [5.74, 6) is -0.412. The predicted molar refractivity (Wildman–Crippen MR) is 94.0 cm³/mol. The number of aliphatic carboxylic acids is 1. The van der Waals surface area contributed by atoms with Crippen LogP contribution in [0.5, 0.6) is 0 Å². The minimum absolute atomic E-state index is 0.130. The first-order valence-electron chi connectivity index (χ1n) is 9.32. The van der Waals surface area contributed by atoms with Gasteiger partial charge in [0.05, 0.1) is 12.0 Å². The van der Waals surface area contributed by atoms with Crippen molar-refractivity contribution in [3.05, 3.63) is 35.9 Å². The average molecular weight is 345 g/mol. The highest BCUT2D eigenvalue weighted by molar-refractivity contribution is 5.80. The number of nitrogens with zero attached hydrogens (tertiary/aromatic N) is 1. The van der Waals surface area contributed by atoms with Crippen molar-refractivity contribution < 1.29 is 19.4 Å². The maximum atomic E-state index is 13.2. The van der Waals surface area contributed by atoms with E-state index in [0.29, 0.717) is 25.5 Å². The maximum absolute atomic E-state index is 13.2. The first-order valence-corrected chi connectivity index (χ1v) is 9.32. The molecule has 2 aliphatic rings. The zero-order chi connectivity index (χ0) is 17.6. The van der Waals surface area contributed by atoms with Crippen molar-refractivity contribution in [1.82, 2.24) is 4.90 Å². The van der Waals surface area contributed by atoms with E-state index in [1.165, 1.54) is 0 Å². The number of hydrogen-bond acceptors (Lipinski definition) is 3. The molecule has 0 spiro atoms. The summed E-state index contributed by atoms with van der Waals surface area (Å²) in [7, 11) is 0. The van der Waals surface area contributed by atoms with E-state index in [1.807, 2.05) is 35.2 Å². The molecule has 5 nitrogen and oxygen atoms in total. The molecule has 2 saturated heterocycles. The fraction of sp³-hybridized carbons (Fsp3) is 0.600. The molecular weight excluding hydrogens is 318 g/mol. The standard InChI is InChI=1S/C20H27NO4/c22-18(23)11-10-15-6-4-12-21(14-15)20(24)17-9-5-13-25-19(17)16-7-2-1-3-8-16/h1-3,7-8,15,17,19H,4-6,9-14H2,(H,22,23). The van der Waals surface area contributed by atoms with Crippen molar-refractivity contribution in [1.29, 1.82) is 0 Å². The smallest absolute Gasteiger partial charge is 0.303 e. The Bertz CT molecular complexity index is 589. The molecule has 1 amide bonds. The van der Waals surface area contributed by atoms with E-state index in [2.05, 4.69) is 0 Å². The molecular formula is C20H27NO4. The van der Waals surface area contributed by atoms with Gasteiger partial charge in [0.1, 0.15) is 0 Å². The topological polar surface area (TPSA) is 66.8 Å². The summed E-state index contributed by atoms with van der Waals surface area (Å²) >= 11 is 0. The van der Waals surface area contributed by atoms with Gasteiger partial charge in [0.15, 0.2) is 0 Å². The fourth-order valence-corrected chi connectivity index (χ4v) is 4.07. The third-order valence-electron chi connectivity index (χ3n) is 5.36. The van der Waals surface area contributed by atoms with Crippen molar-refractivity contribution in [2.45, 2.75) is 44.6 Å². The Labute approximate surface area is 149 Å². The van der Waals surface area contributed by atoms with E-state index in [9.17, 15) is 9.59 Å². The van der Waals surface area contributed by atoms with Crippen molar-refractivity contribution in [2.75, 3.05) is 19.7 Å². The molecule has 3 rings (SSSR count). The highest BCUT2D eigenvalue weighted by Gasteiger charge is 2.37. The van der Waals surface area contributed by atoms with Crippen LogP contribution < -0.4 is 0 Å². The Hall–Kier alpha value is -1.88. The monoisotopic (exact) mass is 345 g/mol. The molecule has 3 atom stereocenters. The minimum Gasteiger partial charge on any atom is -0.481 e. The normalized spacial score (nSPS) is 27.0. The van der Waals surface area contributed by atoms with Crippen LogP contribution in [0.3, 0.4) is 0 Å². The number of carboxylic acid groups (broad SMARTS) is 1. The van der Waals surface area contributed by atoms with Crippen LogP contribution in [-0.4, -0.2) is 41.6 Å². The SMILES string of the molecule is O=C(O)CCC1CCCN(C(=O)C2CCCOC2c2ccccc2)C1. The summed E-state index contributed by atoms with van der Waals surface area (Å²) in [6, 6.07) is 10.0. The summed E-state index contributed by atoms with van der Waals surface area (Å²) in [5, 5.41) is 8.89. The largest absolute Gasteiger partial charge is 0.481 e. The Morgan fingerprint density at radius 2 is 1.96 bits per heavy atom. The lowest BCUT2D eigenvalue weighted by molar-refractivity contribution is -0.147. The van der Waals surface area contributed by atoms with Crippen LogP contribution in [0, 0.1) is 11.8 Å². The first kappa shape index (κ1) is 17.9. The molecule has 3 unspecified atom stereocenters. The van der Waals surface area contributed by atoms with Gasteiger partial charge in [-0.15, -0.1) is 0 Å². The van der Waals surface area contributed by atoms with Crippen molar-refractivity contribution in [2.24, 2.45) is 11.8 Å². The summed E-state index contributed by atoms with van der Waals surface area (Å²) in [6.07, 6.45) is 4.42. The number of carbonyl (C=O) groups excluding carboxylic acids is 1. The van der Waals surface area contributed by atoms with Gasteiger partial charge in [-0.1, -0.05) is 30.3 Å². The molecule has 2 fully saturated rings. The summed E-state index contributed by atoms with van der Waals surface area (Å²) in [4.78, 5) is 25.9. The lowest BCUT2D eigenvalue weighted by Gasteiger charge is -2.38. The molecule has 0 saturated carbocycles. The summed E-state index contributed by atoms with van der Waals surface area (Å²) in [6.45, 7) is 2.16. The molecule has 136 valence electrons. The Kier molecular flexibility index (Phi) is 6.08. The molecule has 25 heavy (non-hydrogen) atoms. The number of rotatable bonds is 5. The van der Waals surface area contributed by atoms with Crippen molar-refractivity contribution in [3.63, 3.8) is 0 Å². The van der Waals surface area contributed by atoms with Crippen LogP contribution in [0.25, 0.3) is 0 Å². The summed E-state index contributed by atoms with van der Waals surface area (Å²) < 4.78 is 5.97. The molecule has 5 heteroatoms. The zero-order valence-electron chi connectivity index (χ0n) is 14.6. The van der Waals surface area contributed by atoms with Crippen LogP contribution in [0.4, 0.5) is 0 Å². The lowest BCUT2D eigenvalue weighted by Crippen LogP contribution is -2.45. The van der Waals surface area contributed by atoms with Gasteiger partial charge in [0.2, 0.25) is 5.91 Å². The van der Waals surface area contributed by atoms with Gasteiger partial charge in [-0.05, 0) is 43.6 Å². The first-order chi connectivity index (χ1) is 12.1.